The van der Waals surface area contributed by atoms with Gasteiger partial charge in [0.05, 0.1) is 35.8 Å². The second-order valence-electron chi connectivity index (χ2n) is 7.63. The van der Waals surface area contributed by atoms with Crippen molar-refractivity contribution in [3.63, 3.8) is 0 Å². The number of nitrogens with zero attached hydrogens (tertiary/aromatic N) is 3. The van der Waals surface area contributed by atoms with Gasteiger partial charge in [-0.05, 0) is 36.3 Å². The number of rotatable bonds is 3. The maximum absolute atomic E-state index is 9.06. The number of nitriles is 1. The summed E-state index contributed by atoms with van der Waals surface area (Å²) in [4.78, 5) is 4.50. The van der Waals surface area contributed by atoms with Crippen LogP contribution in [0.15, 0.2) is 18.2 Å². The molecule has 6 heteroatoms. The average Bonchev–Trinajstić information content (AvgIpc) is 3.00. The standard InChI is InChI=1S/C17H23N3O2Si/c1-17(2,3)23(4,5)21-11-13-10-20-15-8-12(9-18)6-7-14(15)19-16(20)22-13/h6-8,13H,10-11H2,1-5H3/t13-/m0/s1. The van der Waals surface area contributed by atoms with E-state index >= 15 is 0 Å². The molecule has 0 saturated heterocycles. The van der Waals surface area contributed by atoms with Gasteiger partial charge in [-0.15, -0.1) is 0 Å². The zero-order valence-electron chi connectivity index (χ0n) is 14.4. The van der Waals surface area contributed by atoms with Gasteiger partial charge in [0, 0.05) is 0 Å². The summed E-state index contributed by atoms with van der Waals surface area (Å²) in [7, 11) is -1.78. The minimum Gasteiger partial charge on any atom is -0.457 e. The Balaban J connectivity index is 1.74. The SMILES string of the molecule is CC(C)(C)[Si](C)(C)OC[C@@H]1Cn2c(nc3ccc(C#N)cc32)O1. The molecule has 3 rings (SSSR count). The lowest BCUT2D eigenvalue weighted by molar-refractivity contribution is 0.134. The molecule has 0 unspecified atom stereocenters. The van der Waals surface area contributed by atoms with Crippen molar-refractivity contribution in [1.82, 2.24) is 9.55 Å². The highest BCUT2D eigenvalue weighted by Crippen LogP contribution is 2.37. The molecule has 1 aromatic heterocycles. The van der Waals surface area contributed by atoms with Crippen molar-refractivity contribution in [3.8, 4) is 12.1 Å². The number of hydrogen-bond acceptors (Lipinski definition) is 4. The van der Waals surface area contributed by atoms with Crippen molar-refractivity contribution in [2.75, 3.05) is 6.61 Å². The molecule has 1 aromatic carbocycles. The van der Waals surface area contributed by atoms with E-state index in [0.717, 1.165) is 17.6 Å². The van der Waals surface area contributed by atoms with Gasteiger partial charge in [-0.3, -0.25) is 4.57 Å². The summed E-state index contributed by atoms with van der Waals surface area (Å²) in [6.07, 6.45) is -0.0123. The summed E-state index contributed by atoms with van der Waals surface area (Å²) in [5, 5.41) is 9.25. The third-order valence-corrected chi connectivity index (χ3v) is 9.44. The minimum absolute atomic E-state index is 0.0123. The minimum atomic E-state index is -1.78. The zero-order chi connectivity index (χ0) is 16.8. The maximum atomic E-state index is 9.06. The van der Waals surface area contributed by atoms with Crippen molar-refractivity contribution >= 4 is 19.4 Å². The smallest absolute Gasteiger partial charge is 0.297 e. The van der Waals surface area contributed by atoms with Crippen molar-refractivity contribution in [2.24, 2.45) is 0 Å². The number of imidazole rings is 1. The number of hydrogen-bond donors (Lipinski definition) is 0. The lowest BCUT2D eigenvalue weighted by Crippen LogP contribution is -2.43. The fourth-order valence-electron chi connectivity index (χ4n) is 2.43. The average molecular weight is 329 g/mol. The lowest BCUT2D eigenvalue weighted by Gasteiger charge is -2.36. The molecule has 2 aromatic rings. The Bertz CT molecular complexity index is 783. The monoisotopic (exact) mass is 329 g/mol. The molecule has 0 saturated carbocycles. The number of fused-ring (bicyclic) bond motifs is 3. The lowest BCUT2D eigenvalue weighted by atomic mass is 10.2. The van der Waals surface area contributed by atoms with E-state index in [2.05, 4.69) is 44.9 Å². The zero-order valence-corrected chi connectivity index (χ0v) is 15.4. The summed E-state index contributed by atoms with van der Waals surface area (Å²) >= 11 is 0. The topological polar surface area (TPSA) is 60.1 Å². The van der Waals surface area contributed by atoms with Gasteiger partial charge in [-0.1, -0.05) is 20.8 Å². The molecule has 1 atom stereocenters. The van der Waals surface area contributed by atoms with Gasteiger partial charge in [0.15, 0.2) is 8.32 Å². The number of aromatic nitrogens is 2. The van der Waals surface area contributed by atoms with E-state index in [4.69, 9.17) is 14.4 Å². The Morgan fingerprint density at radius 1 is 1.43 bits per heavy atom. The van der Waals surface area contributed by atoms with Crippen LogP contribution in [-0.4, -0.2) is 30.6 Å². The van der Waals surface area contributed by atoms with Crippen LogP contribution >= 0.6 is 0 Å². The number of benzene rings is 1. The second kappa shape index (κ2) is 5.36. The Labute approximate surface area is 138 Å². The van der Waals surface area contributed by atoms with Crippen molar-refractivity contribution < 1.29 is 9.16 Å². The van der Waals surface area contributed by atoms with Crippen LogP contribution in [0.4, 0.5) is 0 Å². The van der Waals surface area contributed by atoms with Crippen LogP contribution in [-0.2, 0) is 11.0 Å². The molecule has 0 spiro atoms. The fourth-order valence-corrected chi connectivity index (χ4v) is 3.47. The first-order valence-corrected chi connectivity index (χ1v) is 10.8. The largest absolute Gasteiger partial charge is 0.457 e. The number of ether oxygens (including phenoxy) is 1. The normalized spacial score (nSPS) is 17.8. The molecule has 122 valence electrons. The van der Waals surface area contributed by atoms with Gasteiger partial charge < -0.3 is 9.16 Å². The molecule has 0 amide bonds. The van der Waals surface area contributed by atoms with Crippen molar-refractivity contribution in [3.05, 3.63) is 23.8 Å². The van der Waals surface area contributed by atoms with E-state index < -0.39 is 8.32 Å². The second-order valence-corrected chi connectivity index (χ2v) is 12.4. The Morgan fingerprint density at radius 3 is 2.83 bits per heavy atom. The van der Waals surface area contributed by atoms with Crippen LogP contribution in [0.3, 0.4) is 0 Å². The van der Waals surface area contributed by atoms with E-state index in [1.165, 1.54) is 0 Å². The summed E-state index contributed by atoms with van der Waals surface area (Å²) in [5.41, 5.74) is 2.46. The molecule has 0 aliphatic carbocycles. The third kappa shape index (κ3) is 2.87. The summed E-state index contributed by atoms with van der Waals surface area (Å²) < 4.78 is 14.2. The Hall–Kier alpha value is -1.84. The fraction of sp³-hybridized carbons (Fsp3) is 0.529. The predicted molar refractivity (Wildman–Crippen MR) is 92.0 cm³/mol. The van der Waals surface area contributed by atoms with Gasteiger partial charge in [-0.2, -0.15) is 10.2 Å². The Morgan fingerprint density at radius 2 is 2.17 bits per heavy atom. The first kappa shape index (κ1) is 16.0. The molecule has 0 fully saturated rings. The predicted octanol–water partition coefficient (Wildman–Crippen LogP) is 3.69. The third-order valence-electron chi connectivity index (χ3n) is 4.94. The van der Waals surface area contributed by atoms with Crippen LogP contribution in [0.1, 0.15) is 26.3 Å². The summed E-state index contributed by atoms with van der Waals surface area (Å²) in [5.74, 6) is 0. The van der Waals surface area contributed by atoms with Gasteiger partial charge in [-0.25, -0.2) is 0 Å². The van der Waals surface area contributed by atoms with Gasteiger partial charge >= 0.3 is 0 Å². The first-order valence-electron chi connectivity index (χ1n) is 7.92. The molecule has 5 nitrogen and oxygen atoms in total. The van der Waals surface area contributed by atoms with Gasteiger partial charge in [0.1, 0.15) is 6.10 Å². The van der Waals surface area contributed by atoms with Gasteiger partial charge in [0.25, 0.3) is 6.01 Å². The van der Waals surface area contributed by atoms with E-state index in [-0.39, 0.29) is 11.1 Å². The van der Waals surface area contributed by atoms with Crippen LogP contribution in [0.5, 0.6) is 6.01 Å². The van der Waals surface area contributed by atoms with E-state index in [0.29, 0.717) is 18.2 Å². The summed E-state index contributed by atoms with van der Waals surface area (Å²) in [6.45, 7) is 12.5. The van der Waals surface area contributed by atoms with Crippen LogP contribution in [0.25, 0.3) is 11.0 Å². The molecule has 1 aliphatic rings. The molecule has 0 bridgehead atoms. The highest BCUT2D eigenvalue weighted by Gasteiger charge is 2.38. The molecule has 1 aliphatic heterocycles. The van der Waals surface area contributed by atoms with Crippen molar-refractivity contribution in [2.45, 2.75) is 51.6 Å². The van der Waals surface area contributed by atoms with Crippen LogP contribution in [0.2, 0.25) is 18.1 Å². The molecular weight excluding hydrogens is 306 g/mol. The highest BCUT2D eigenvalue weighted by atomic mass is 28.4. The van der Waals surface area contributed by atoms with E-state index in [9.17, 15) is 0 Å². The van der Waals surface area contributed by atoms with Crippen LogP contribution < -0.4 is 4.74 Å². The molecule has 23 heavy (non-hydrogen) atoms. The van der Waals surface area contributed by atoms with E-state index in [1.807, 2.05) is 16.7 Å². The maximum Gasteiger partial charge on any atom is 0.297 e. The molecule has 2 heterocycles. The summed E-state index contributed by atoms with van der Waals surface area (Å²) in [6, 6.07) is 8.31. The highest BCUT2D eigenvalue weighted by molar-refractivity contribution is 6.74. The van der Waals surface area contributed by atoms with Crippen LogP contribution in [0, 0.1) is 11.3 Å². The van der Waals surface area contributed by atoms with Crippen molar-refractivity contribution in [1.29, 1.82) is 5.26 Å². The molecular formula is C17H23N3O2Si. The Kier molecular flexibility index (Phi) is 3.73. The molecule has 0 N–H and O–H groups in total. The van der Waals surface area contributed by atoms with E-state index in [1.54, 1.807) is 6.07 Å². The molecule has 0 radical (unpaired) electrons. The first-order chi connectivity index (χ1) is 10.7. The van der Waals surface area contributed by atoms with Gasteiger partial charge in [0.2, 0.25) is 0 Å². The quantitative estimate of drug-likeness (QED) is 0.806.